The highest BCUT2D eigenvalue weighted by Gasteiger charge is 2.58. The van der Waals surface area contributed by atoms with Crippen molar-refractivity contribution in [3.63, 3.8) is 0 Å². The molecule has 0 saturated carbocycles. The predicted molar refractivity (Wildman–Crippen MR) is 221 cm³/mol. The van der Waals surface area contributed by atoms with Gasteiger partial charge in [-0.05, 0) is 6.92 Å². The Kier molecular flexibility index (Phi) is 20.8. The third kappa shape index (κ3) is 12.6. The number of ether oxygens (including phenoxy) is 11. The van der Waals surface area contributed by atoms with Crippen molar-refractivity contribution >= 4 is 11.8 Å². The molecule has 0 aromatic rings. The first-order valence-electron chi connectivity index (χ1n) is 23.0. The number of amides is 2. The first kappa shape index (κ1) is 59.1. The van der Waals surface area contributed by atoms with E-state index in [9.17, 15) is 96.4 Å². The lowest BCUT2D eigenvalue weighted by atomic mass is 9.94. The molecule has 6 aliphatic heterocycles. The van der Waals surface area contributed by atoms with Crippen LogP contribution in [-0.2, 0) is 61.7 Å². The smallest absolute Gasteiger partial charge is 0.217 e. The number of carbonyl (C=O) groups is 2. The number of hydrogen-bond acceptors (Lipinski definition) is 30. The minimum Gasteiger partial charge on any atom is -0.394 e. The quantitative estimate of drug-likeness (QED) is 0.0643. The van der Waals surface area contributed by atoms with Gasteiger partial charge in [0.15, 0.2) is 37.7 Å². The molecule has 2 amide bonds. The molecule has 0 spiro atoms. The van der Waals surface area contributed by atoms with Gasteiger partial charge in [-0.2, -0.15) is 0 Å². The number of aliphatic hydroxyl groups excluding tert-OH is 17. The normalized spacial score (nSPS) is 50.3. The van der Waals surface area contributed by atoms with Crippen molar-refractivity contribution in [2.75, 3.05) is 33.0 Å². The predicted octanol–water partition coefficient (Wildman–Crippen LogP) is -12.8. The molecule has 418 valence electrons. The van der Waals surface area contributed by atoms with Crippen LogP contribution in [-0.4, -0.2) is 316 Å². The maximum absolute atomic E-state index is 12.6. The van der Waals surface area contributed by atoms with E-state index in [1.807, 2.05) is 0 Å². The van der Waals surface area contributed by atoms with Crippen LogP contribution in [0.4, 0.5) is 0 Å². The summed E-state index contributed by atoms with van der Waals surface area (Å²) in [5.41, 5.74) is 0. The zero-order chi connectivity index (χ0) is 53.2. The highest BCUT2D eigenvalue weighted by molar-refractivity contribution is 5.73. The molecule has 0 bridgehead atoms. The molecule has 0 aliphatic carbocycles. The number of hydrogen-bond donors (Lipinski definition) is 19. The van der Waals surface area contributed by atoms with Gasteiger partial charge in [-0.3, -0.25) is 9.59 Å². The van der Waals surface area contributed by atoms with Gasteiger partial charge in [-0.15, -0.1) is 0 Å². The van der Waals surface area contributed by atoms with Crippen molar-refractivity contribution in [2.24, 2.45) is 0 Å². The zero-order valence-corrected chi connectivity index (χ0v) is 38.8. The van der Waals surface area contributed by atoms with Gasteiger partial charge in [0.25, 0.3) is 0 Å². The topological polar surface area (TPSA) is 504 Å². The maximum Gasteiger partial charge on any atom is 0.217 e. The van der Waals surface area contributed by atoms with Crippen molar-refractivity contribution in [3.05, 3.63) is 0 Å². The molecule has 6 aliphatic rings. The van der Waals surface area contributed by atoms with Gasteiger partial charge in [0.2, 0.25) is 11.8 Å². The first-order valence-corrected chi connectivity index (χ1v) is 23.0. The standard InChI is InChI=1S/C40H68N2O30/c1-9-19(49)26(56)29(59)37(63-9)72-34-32(70-39-33(28(58)22(52)14(6-45)67-39)71-38-30(60)27(57)21(51)13(5-44)66-38)23(53)15(7-46)68-40(34)69-31-18(42-11(3)48)35(61)64-16(24(31)54)8-62-36-17(41-10(2)47)25(55)20(50)12(4-43)65-36/h9,12-40,43-46,49-61H,4-8H2,1-3H3,(H,41,47)(H,42,48)/t9-,12+,13+,14+,15+,16+,17+,18+,19+,20+,21-,22-,23-,24-,25+,26+,27-,28-,29-,30+,31+,32-,33+,34+,35-,36+,37-,38-,39+,40-/m0/s1. The van der Waals surface area contributed by atoms with Gasteiger partial charge in [0.05, 0.1) is 39.1 Å². The van der Waals surface area contributed by atoms with E-state index in [0.717, 1.165) is 13.8 Å². The Balaban J connectivity index is 1.36. The molecule has 30 atom stereocenters. The summed E-state index contributed by atoms with van der Waals surface area (Å²) in [5.74, 6) is -1.55. The summed E-state index contributed by atoms with van der Waals surface area (Å²) in [6.45, 7) is -1.31. The van der Waals surface area contributed by atoms with Crippen LogP contribution in [0.2, 0.25) is 0 Å². The second-order valence-electron chi connectivity index (χ2n) is 18.3. The summed E-state index contributed by atoms with van der Waals surface area (Å²) in [4.78, 5) is 24.6. The molecule has 6 rings (SSSR count). The molecule has 32 heteroatoms. The highest BCUT2D eigenvalue weighted by atomic mass is 16.8. The average Bonchev–Trinajstić information content (AvgIpc) is 3.34. The Hall–Kier alpha value is -2.18. The Morgan fingerprint density at radius 3 is 1.35 bits per heavy atom. The van der Waals surface area contributed by atoms with Gasteiger partial charge in [-0.25, -0.2) is 0 Å². The van der Waals surface area contributed by atoms with Crippen molar-refractivity contribution in [1.29, 1.82) is 0 Å². The molecule has 6 saturated heterocycles. The molecule has 6 fully saturated rings. The molecule has 0 aromatic carbocycles. The second-order valence-corrected chi connectivity index (χ2v) is 18.3. The van der Waals surface area contributed by atoms with Crippen molar-refractivity contribution in [1.82, 2.24) is 10.6 Å². The maximum atomic E-state index is 12.6. The number of aliphatic hydroxyl groups is 17. The summed E-state index contributed by atoms with van der Waals surface area (Å²) in [6, 6.07) is -3.25. The Morgan fingerprint density at radius 2 is 0.792 bits per heavy atom. The fourth-order valence-electron chi connectivity index (χ4n) is 9.11. The molecule has 0 unspecified atom stereocenters. The first-order chi connectivity index (χ1) is 34.0. The summed E-state index contributed by atoms with van der Waals surface area (Å²) < 4.78 is 64.0. The molecular weight excluding hydrogens is 988 g/mol. The molecule has 19 N–H and O–H groups in total. The largest absolute Gasteiger partial charge is 0.394 e. The number of rotatable bonds is 17. The average molecular weight is 1060 g/mol. The summed E-state index contributed by atoms with van der Waals surface area (Å²) in [6.07, 6.45) is -53.7. The second kappa shape index (κ2) is 25.3. The lowest BCUT2D eigenvalue weighted by molar-refractivity contribution is -0.410. The van der Waals surface area contributed by atoms with Crippen LogP contribution < -0.4 is 10.6 Å². The van der Waals surface area contributed by atoms with Crippen molar-refractivity contribution < 1.29 is 149 Å². The van der Waals surface area contributed by atoms with Crippen LogP contribution in [0.1, 0.15) is 20.8 Å². The molecule has 72 heavy (non-hydrogen) atoms. The third-order valence-corrected chi connectivity index (χ3v) is 13.2. The van der Waals surface area contributed by atoms with Crippen LogP contribution in [0, 0.1) is 0 Å². The molecule has 32 nitrogen and oxygen atoms in total. The summed E-state index contributed by atoms with van der Waals surface area (Å²) >= 11 is 0. The van der Waals surface area contributed by atoms with Crippen molar-refractivity contribution in [3.8, 4) is 0 Å². The van der Waals surface area contributed by atoms with Crippen LogP contribution in [0.3, 0.4) is 0 Å². The lowest BCUT2D eigenvalue weighted by Gasteiger charge is -2.51. The number of nitrogens with one attached hydrogen (secondary N) is 2. The van der Waals surface area contributed by atoms with Gasteiger partial charge in [-0.1, -0.05) is 0 Å². The van der Waals surface area contributed by atoms with Gasteiger partial charge >= 0.3 is 0 Å². The molecular formula is C40H68N2O30. The molecule has 0 aromatic heterocycles. The van der Waals surface area contributed by atoms with Gasteiger partial charge in [0, 0.05) is 13.8 Å². The minimum absolute atomic E-state index is 0.708. The van der Waals surface area contributed by atoms with Crippen LogP contribution in [0.5, 0.6) is 0 Å². The lowest BCUT2D eigenvalue weighted by Crippen LogP contribution is -2.70. The summed E-state index contributed by atoms with van der Waals surface area (Å²) in [7, 11) is 0. The number of carbonyl (C=O) groups excluding carboxylic acids is 2. The van der Waals surface area contributed by atoms with Crippen LogP contribution >= 0.6 is 0 Å². The van der Waals surface area contributed by atoms with E-state index in [1.54, 1.807) is 0 Å². The Bertz CT molecular complexity index is 1730. The fourth-order valence-corrected chi connectivity index (χ4v) is 9.11. The third-order valence-electron chi connectivity index (χ3n) is 13.2. The monoisotopic (exact) mass is 1060 g/mol. The Labute approximate surface area is 408 Å². The fraction of sp³-hybridized carbons (Fsp3) is 0.950. The molecule has 0 radical (unpaired) electrons. The van der Waals surface area contributed by atoms with E-state index in [-0.39, 0.29) is 0 Å². The molecule has 6 heterocycles. The van der Waals surface area contributed by atoms with E-state index >= 15 is 0 Å². The SMILES string of the molecule is CC(=O)N[C@@H]1[C@@H](O[C@@H]2O[C@H](CO)[C@H](O)[C@H](O[C@H]3O[C@H](CO)[C@H](O)[C@H](O)[C@H]3O[C@@H]3O[C@H](CO)[C@H](O)[C@H](O)[C@H]3O)[C@H]2O[C@@H]2O[C@@H](C)[C@@H](O)[C@@H](O)[C@@H]2O)[C@@H](O)[C@@H](CO[C@@H]2O[C@H](CO)[C@@H](O)[C@H](O)[C@H]2NC(C)=O)O[C@@H]1O. The zero-order valence-electron chi connectivity index (χ0n) is 38.8. The van der Waals surface area contributed by atoms with Crippen LogP contribution in [0.15, 0.2) is 0 Å². The Morgan fingerprint density at radius 1 is 0.389 bits per heavy atom. The van der Waals surface area contributed by atoms with E-state index in [2.05, 4.69) is 10.6 Å². The summed E-state index contributed by atoms with van der Waals surface area (Å²) in [5, 5.41) is 188. The van der Waals surface area contributed by atoms with E-state index in [0.29, 0.717) is 0 Å². The minimum atomic E-state index is -2.18. The van der Waals surface area contributed by atoms with Gasteiger partial charge < -0.3 is 150 Å². The van der Waals surface area contributed by atoms with Gasteiger partial charge in [0.1, 0.15) is 140 Å². The van der Waals surface area contributed by atoms with Crippen molar-refractivity contribution in [2.45, 2.75) is 205 Å². The van der Waals surface area contributed by atoms with Crippen LogP contribution in [0.25, 0.3) is 0 Å². The van der Waals surface area contributed by atoms with E-state index in [1.165, 1.54) is 6.92 Å². The van der Waals surface area contributed by atoms with E-state index in [4.69, 9.17) is 52.1 Å². The van der Waals surface area contributed by atoms with E-state index < -0.39 is 229 Å². The highest BCUT2D eigenvalue weighted by Crippen LogP contribution is 2.38.